The van der Waals surface area contributed by atoms with E-state index in [9.17, 15) is 5.26 Å². The minimum Gasteiger partial charge on any atom is -0.192 e. The van der Waals surface area contributed by atoms with Gasteiger partial charge >= 0.3 is 0 Å². The summed E-state index contributed by atoms with van der Waals surface area (Å²) in [5.74, 6) is 0. The van der Waals surface area contributed by atoms with Crippen LogP contribution in [0.15, 0.2) is 84.9 Å². The lowest BCUT2D eigenvalue weighted by atomic mass is 9.88. The monoisotopic (exact) mass is 339 g/mol. The summed E-state index contributed by atoms with van der Waals surface area (Å²) in [6.07, 6.45) is 0. The average Bonchev–Trinajstić information content (AvgIpc) is 2.67. The van der Waals surface area contributed by atoms with Gasteiger partial charge in [-0.15, -0.1) is 0 Å². The molecule has 0 saturated heterocycles. The molecule has 0 bridgehead atoms. The Kier molecular flexibility index (Phi) is 3.98. The van der Waals surface area contributed by atoms with Crippen LogP contribution in [-0.4, -0.2) is 0 Å². The van der Waals surface area contributed by atoms with E-state index in [1.807, 2.05) is 66.7 Å². The van der Waals surface area contributed by atoms with Crippen molar-refractivity contribution in [3.8, 4) is 28.3 Å². The molecule has 2 heteroatoms. The second kappa shape index (κ2) is 6.43. The number of benzene rings is 4. The van der Waals surface area contributed by atoms with Crippen LogP contribution in [0.4, 0.5) is 0 Å². The second-order valence-corrected chi connectivity index (χ2v) is 6.32. The number of halogens is 1. The molecule has 0 spiro atoms. The molecule has 4 aromatic carbocycles. The highest BCUT2D eigenvalue weighted by Gasteiger charge is 2.16. The van der Waals surface area contributed by atoms with Gasteiger partial charge in [-0.3, -0.25) is 0 Å². The fraction of sp³-hybridized carbons (Fsp3) is 0. The zero-order valence-corrected chi connectivity index (χ0v) is 14.2. The van der Waals surface area contributed by atoms with Gasteiger partial charge in [-0.2, -0.15) is 5.26 Å². The largest absolute Gasteiger partial charge is 0.192 e. The van der Waals surface area contributed by atoms with Crippen LogP contribution in [0.2, 0.25) is 5.02 Å². The van der Waals surface area contributed by atoms with Gasteiger partial charge in [0.15, 0.2) is 0 Å². The normalized spacial score (nSPS) is 10.6. The summed E-state index contributed by atoms with van der Waals surface area (Å²) in [7, 11) is 0. The Bertz CT molecular complexity index is 1110. The number of nitriles is 1. The number of nitrogens with zero attached hydrogens (tertiary/aromatic N) is 1. The van der Waals surface area contributed by atoms with Crippen molar-refractivity contribution in [2.45, 2.75) is 0 Å². The first-order valence-electron chi connectivity index (χ1n) is 8.05. The Morgan fingerprint density at radius 1 is 0.720 bits per heavy atom. The first-order chi connectivity index (χ1) is 12.3. The van der Waals surface area contributed by atoms with Crippen molar-refractivity contribution in [3.63, 3.8) is 0 Å². The molecule has 0 fully saturated rings. The quantitative estimate of drug-likeness (QED) is 0.398. The zero-order valence-electron chi connectivity index (χ0n) is 13.4. The third-order valence-corrected chi connectivity index (χ3v) is 4.59. The SMILES string of the molecule is N#Cc1c(-c2cccc(Cl)c2)cc2ccccc2c1-c1ccccc1. The van der Waals surface area contributed by atoms with E-state index in [4.69, 9.17) is 11.6 Å². The summed E-state index contributed by atoms with van der Waals surface area (Å²) in [6.45, 7) is 0. The highest BCUT2D eigenvalue weighted by Crippen LogP contribution is 2.38. The summed E-state index contributed by atoms with van der Waals surface area (Å²) >= 11 is 6.18. The van der Waals surface area contributed by atoms with Gasteiger partial charge in [-0.05, 0) is 40.1 Å². The molecule has 0 N–H and O–H groups in total. The van der Waals surface area contributed by atoms with Gasteiger partial charge in [0, 0.05) is 16.1 Å². The van der Waals surface area contributed by atoms with E-state index in [-0.39, 0.29) is 0 Å². The molecule has 118 valence electrons. The zero-order chi connectivity index (χ0) is 17.2. The van der Waals surface area contributed by atoms with Gasteiger partial charge in [-0.25, -0.2) is 0 Å². The van der Waals surface area contributed by atoms with Crippen molar-refractivity contribution in [1.29, 1.82) is 5.26 Å². The van der Waals surface area contributed by atoms with Crippen molar-refractivity contribution in [2.24, 2.45) is 0 Å². The standard InChI is InChI=1S/C23H14ClN/c24-19-11-6-10-17(13-19)21-14-18-9-4-5-12-20(18)23(22(21)15-25)16-7-2-1-3-8-16/h1-14H. The van der Waals surface area contributed by atoms with Crippen molar-refractivity contribution in [2.75, 3.05) is 0 Å². The van der Waals surface area contributed by atoms with Gasteiger partial charge in [0.2, 0.25) is 0 Å². The van der Waals surface area contributed by atoms with Crippen LogP contribution >= 0.6 is 11.6 Å². The highest BCUT2D eigenvalue weighted by molar-refractivity contribution is 6.30. The first kappa shape index (κ1) is 15.4. The lowest BCUT2D eigenvalue weighted by Crippen LogP contribution is -1.92. The van der Waals surface area contributed by atoms with Gasteiger partial charge in [0.25, 0.3) is 0 Å². The Hall–Kier alpha value is -3.08. The van der Waals surface area contributed by atoms with Crippen LogP contribution in [0.3, 0.4) is 0 Å². The van der Waals surface area contributed by atoms with Crippen molar-refractivity contribution < 1.29 is 0 Å². The van der Waals surface area contributed by atoms with Gasteiger partial charge in [0.1, 0.15) is 6.07 Å². The van der Waals surface area contributed by atoms with E-state index in [1.165, 1.54) is 0 Å². The van der Waals surface area contributed by atoms with Gasteiger partial charge in [0.05, 0.1) is 5.56 Å². The molecule has 25 heavy (non-hydrogen) atoms. The maximum absolute atomic E-state index is 9.97. The fourth-order valence-corrected chi connectivity index (χ4v) is 3.44. The van der Waals surface area contributed by atoms with Crippen LogP contribution < -0.4 is 0 Å². The number of hydrogen-bond donors (Lipinski definition) is 0. The minimum atomic E-state index is 0.663. The smallest absolute Gasteiger partial charge is 0.100 e. The topological polar surface area (TPSA) is 23.8 Å². The molecule has 0 amide bonds. The summed E-state index contributed by atoms with van der Waals surface area (Å²) in [5, 5.41) is 12.8. The van der Waals surface area contributed by atoms with Crippen molar-refractivity contribution >= 4 is 22.4 Å². The average molecular weight is 340 g/mol. The third-order valence-electron chi connectivity index (χ3n) is 4.36. The lowest BCUT2D eigenvalue weighted by molar-refractivity contribution is 1.48. The van der Waals surface area contributed by atoms with E-state index < -0.39 is 0 Å². The molecule has 0 aliphatic carbocycles. The fourth-order valence-electron chi connectivity index (χ4n) is 3.25. The van der Waals surface area contributed by atoms with E-state index in [0.29, 0.717) is 10.6 Å². The molecule has 0 aromatic heterocycles. The Morgan fingerprint density at radius 2 is 1.44 bits per heavy atom. The van der Waals surface area contributed by atoms with Gasteiger partial charge in [-0.1, -0.05) is 78.3 Å². The molecule has 0 radical (unpaired) electrons. The number of fused-ring (bicyclic) bond motifs is 1. The summed E-state index contributed by atoms with van der Waals surface area (Å²) < 4.78 is 0. The van der Waals surface area contributed by atoms with E-state index >= 15 is 0 Å². The Labute approximate surface area is 151 Å². The lowest BCUT2D eigenvalue weighted by Gasteiger charge is -2.14. The Balaban J connectivity index is 2.14. The van der Waals surface area contributed by atoms with Crippen LogP contribution in [-0.2, 0) is 0 Å². The molecular formula is C23H14ClN. The summed E-state index contributed by atoms with van der Waals surface area (Å²) in [6, 6.07) is 30.4. The molecule has 0 saturated carbocycles. The molecule has 0 atom stereocenters. The van der Waals surface area contributed by atoms with E-state index in [0.717, 1.165) is 33.0 Å². The molecule has 0 aliphatic rings. The van der Waals surface area contributed by atoms with Crippen LogP contribution in [0.1, 0.15) is 5.56 Å². The first-order valence-corrected chi connectivity index (χ1v) is 8.43. The molecule has 0 heterocycles. The molecule has 1 nitrogen and oxygen atoms in total. The van der Waals surface area contributed by atoms with Crippen LogP contribution in [0.5, 0.6) is 0 Å². The molecule has 0 aliphatic heterocycles. The number of hydrogen-bond acceptors (Lipinski definition) is 1. The molecular weight excluding hydrogens is 326 g/mol. The number of rotatable bonds is 2. The van der Waals surface area contributed by atoms with Crippen molar-refractivity contribution in [3.05, 3.63) is 95.5 Å². The molecule has 4 aromatic rings. The predicted molar refractivity (Wildman–Crippen MR) is 105 cm³/mol. The summed E-state index contributed by atoms with van der Waals surface area (Å²) in [4.78, 5) is 0. The van der Waals surface area contributed by atoms with E-state index in [1.54, 1.807) is 0 Å². The minimum absolute atomic E-state index is 0.663. The van der Waals surface area contributed by atoms with E-state index in [2.05, 4.69) is 24.3 Å². The maximum atomic E-state index is 9.97. The van der Waals surface area contributed by atoms with Gasteiger partial charge < -0.3 is 0 Å². The second-order valence-electron chi connectivity index (χ2n) is 5.88. The highest BCUT2D eigenvalue weighted by atomic mass is 35.5. The van der Waals surface area contributed by atoms with Crippen LogP contribution in [0, 0.1) is 11.3 Å². The Morgan fingerprint density at radius 3 is 2.20 bits per heavy atom. The van der Waals surface area contributed by atoms with Crippen LogP contribution in [0.25, 0.3) is 33.0 Å². The van der Waals surface area contributed by atoms with Crippen molar-refractivity contribution in [1.82, 2.24) is 0 Å². The summed E-state index contributed by atoms with van der Waals surface area (Å²) in [5.41, 5.74) is 4.54. The predicted octanol–water partition coefficient (Wildman–Crippen LogP) is 6.70. The maximum Gasteiger partial charge on any atom is 0.100 e. The third kappa shape index (κ3) is 2.78. The molecule has 0 unspecified atom stereocenters. The molecule has 4 rings (SSSR count).